The third-order valence-corrected chi connectivity index (χ3v) is 6.46. The summed E-state index contributed by atoms with van der Waals surface area (Å²) in [5.41, 5.74) is 3.97. The molecule has 0 saturated carbocycles. The number of benzene rings is 2. The maximum Gasteiger partial charge on any atom is 0.308 e. The summed E-state index contributed by atoms with van der Waals surface area (Å²) in [6.07, 6.45) is 1.94. The van der Waals surface area contributed by atoms with Gasteiger partial charge in [0.2, 0.25) is 5.91 Å². The Morgan fingerprint density at radius 2 is 1.65 bits per heavy atom. The summed E-state index contributed by atoms with van der Waals surface area (Å²) in [5.74, 6) is -2.17. The second-order valence-corrected chi connectivity index (χ2v) is 8.67. The van der Waals surface area contributed by atoms with Gasteiger partial charge < -0.3 is 10.4 Å². The Bertz CT molecular complexity index is 902. The normalized spacial score (nSPS) is 21.5. The van der Waals surface area contributed by atoms with Crippen LogP contribution in [0.4, 0.5) is 0 Å². The minimum absolute atomic E-state index is 0.132. The molecule has 2 atom stereocenters. The van der Waals surface area contributed by atoms with Gasteiger partial charge in [0.25, 0.3) is 0 Å². The zero-order chi connectivity index (χ0) is 21.6. The summed E-state index contributed by atoms with van der Waals surface area (Å²) in [6.45, 7) is 5.09. The standard InChI is InChI=1S/C25H31N3O3/c29-24(26-12-6-13-27-14-11-20-9-4-5-10-21(20)16-27)22-17-28(18-23(22)25(30)31)15-19-7-2-1-3-8-19/h1-5,7-10,22-23H,6,11-18H2,(H,26,29)(H,30,31)/t22-,23+/m0/s1. The molecule has 2 heterocycles. The minimum Gasteiger partial charge on any atom is -0.481 e. The summed E-state index contributed by atoms with van der Waals surface area (Å²) < 4.78 is 0. The van der Waals surface area contributed by atoms with Crippen molar-refractivity contribution >= 4 is 11.9 Å². The van der Waals surface area contributed by atoms with Gasteiger partial charge in [-0.3, -0.25) is 19.4 Å². The quantitative estimate of drug-likeness (QED) is 0.641. The fourth-order valence-corrected chi connectivity index (χ4v) is 4.76. The third-order valence-electron chi connectivity index (χ3n) is 6.46. The molecule has 1 amide bonds. The van der Waals surface area contributed by atoms with Crippen molar-refractivity contribution in [1.29, 1.82) is 0 Å². The molecule has 6 heteroatoms. The highest BCUT2D eigenvalue weighted by Gasteiger charge is 2.41. The first-order valence-electron chi connectivity index (χ1n) is 11.2. The van der Waals surface area contributed by atoms with Crippen LogP contribution in [-0.2, 0) is 29.1 Å². The first-order valence-corrected chi connectivity index (χ1v) is 11.2. The van der Waals surface area contributed by atoms with Crippen LogP contribution in [0.25, 0.3) is 0 Å². The van der Waals surface area contributed by atoms with E-state index in [2.05, 4.69) is 39.4 Å². The number of carbonyl (C=O) groups is 2. The number of likely N-dealkylation sites (tertiary alicyclic amines) is 1. The topological polar surface area (TPSA) is 72.9 Å². The Morgan fingerprint density at radius 1 is 0.935 bits per heavy atom. The van der Waals surface area contributed by atoms with Gasteiger partial charge in [-0.1, -0.05) is 54.6 Å². The van der Waals surface area contributed by atoms with Crippen LogP contribution in [0.3, 0.4) is 0 Å². The average Bonchev–Trinajstić information content (AvgIpc) is 3.21. The molecule has 2 aliphatic heterocycles. The summed E-state index contributed by atoms with van der Waals surface area (Å²) >= 11 is 0. The van der Waals surface area contributed by atoms with Crippen LogP contribution >= 0.6 is 0 Å². The Hall–Kier alpha value is -2.70. The fourth-order valence-electron chi connectivity index (χ4n) is 4.76. The molecule has 2 aromatic rings. The second-order valence-electron chi connectivity index (χ2n) is 8.67. The molecule has 2 aromatic carbocycles. The molecule has 2 aliphatic rings. The molecule has 1 saturated heterocycles. The van der Waals surface area contributed by atoms with Gasteiger partial charge in [-0.15, -0.1) is 0 Å². The Kier molecular flexibility index (Phi) is 6.99. The van der Waals surface area contributed by atoms with Gasteiger partial charge in [0.15, 0.2) is 0 Å². The van der Waals surface area contributed by atoms with E-state index in [9.17, 15) is 14.7 Å². The monoisotopic (exact) mass is 421 g/mol. The number of hydrogen-bond acceptors (Lipinski definition) is 4. The lowest BCUT2D eigenvalue weighted by Gasteiger charge is -2.28. The number of amides is 1. The molecule has 31 heavy (non-hydrogen) atoms. The first kappa shape index (κ1) is 21.5. The predicted octanol–water partition coefficient (Wildman–Crippen LogP) is 2.38. The maximum absolute atomic E-state index is 12.8. The fraction of sp³-hybridized carbons (Fsp3) is 0.440. The number of aliphatic carboxylic acids is 1. The van der Waals surface area contributed by atoms with E-state index in [4.69, 9.17) is 0 Å². The molecule has 0 radical (unpaired) electrons. The van der Waals surface area contributed by atoms with E-state index in [1.807, 2.05) is 30.3 Å². The lowest BCUT2D eigenvalue weighted by atomic mass is 9.95. The Labute approximate surface area is 183 Å². The van der Waals surface area contributed by atoms with Crippen LogP contribution in [0.5, 0.6) is 0 Å². The van der Waals surface area contributed by atoms with Gasteiger partial charge in [-0.25, -0.2) is 0 Å². The van der Waals surface area contributed by atoms with Crippen molar-refractivity contribution in [3.05, 3.63) is 71.3 Å². The van der Waals surface area contributed by atoms with E-state index in [0.717, 1.165) is 38.0 Å². The van der Waals surface area contributed by atoms with E-state index in [0.29, 0.717) is 26.2 Å². The zero-order valence-corrected chi connectivity index (χ0v) is 17.9. The maximum atomic E-state index is 12.8. The van der Waals surface area contributed by atoms with Crippen molar-refractivity contribution in [1.82, 2.24) is 15.1 Å². The predicted molar refractivity (Wildman–Crippen MR) is 119 cm³/mol. The second kappa shape index (κ2) is 10.1. The minimum atomic E-state index is -0.886. The highest BCUT2D eigenvalue weighted by molar-refractivity contribution is 5.85. The summed E-state index contributed by atoms with van der Waals surface area (Å²) in [5, 5.41) is 12.6. The molecular formula is C25H31N3O3. The number of nitrogens with zero attached hydrogens (tertiary/aromatic N) is 2. The van der Waals surface area contributed by atoms with E-state index >= 15 is 0 Å². The molecule has 164 valence electrons. The lowest BCUT2D eigenvalue weighted by molar-refractivity contribution is -0.145. The molecular weight excluding hydrogens is 390 g/mol. The number of nitrogens with one attached hydrogen (secondary N) is 1. The summed E-state index contributed by atoms with van der Waals surface area (Å²) in [4.78, 5) is 29.0. The van der Waals surface area contributed by atoms with Crippen LogP contribution in [0.1, 0.15) is 23.1 Å². The van der Waals surface area contributed by atoms with Crippen molar-refractivity contribution in [2.24, 2.45) is 11.8 Å². The third kappa shape index (κ3) is 5.51. The van der Waals surface area contributed by atoms with Crippen LogP contribution in [-0.4, -0.2) is 59.5 Å². The van der Waals surface area contributed by atoms with Gasteiger partial charge in [-0.05, 0) is 29.5 Å². The summed E-state index contributed by atoms with van der Waals surface area (Å²) in [7, 11) is 0. The molecule has 0 unspecified atom stereocenters. The molecule has 2 N–H and O–H groups in total. The van der Waals surface area contributed by atoms with Crippen molar-refractivity contribution in [3.63, 3.8) is 0 Å². The number of carboxylic acid groups (broad SMARTS) is 1. The van der Waals surface area contributed by atoms with Crippen LogP contribution in [0.2, 0.25) is 0 Å². The Balaban J connectivity index is 1.23. The van der Waals surface area contributed by atoms with E-state index in [1.54, 1.807) is 0 Å². The summed E-state index contributed by atoms with van der Waals surface area (Å²) in [6, 6.07) is 18.6. The molecule has 0 spiro atoms. The lowest BCUT2D eigenvalue weighted by Crippen LogP contribution is -2.39. The number of rotatable bonds is 8. The molecule has 0 aliphatic carbocycles. The number of carbonyl (C=O) groups excluding carboxylic acids is 1. The zero-order valence-electron chi connectivity index (χ0n) is 17.9. The molecule has 1 fully saturated rings. The number of fused-ring (bicyclic) bond motifs is 1. The van der Waals surface area contributed by atoms with Gasteiger partial charge >= 0.3 is 5.97 Å². The van der Waals surface area contributed by atoms with Gasteiger partial charge in [0.1, 0.15) is 0 Å². The molecule has 0 bridgehead atoms. The smallest absolute Gasteiger partial charge is 0.308 e. The average molecular weight is 422 g/mol. The highest BCUT2D eigenvalue weighted by atomic mass is 16.4. The van der Waals surface area contributed by atoms with E-state index < -0.39 is 17.8 Å². The van der Waals surface area contributed by atoms with Crippen LogP contribution < -0.4 is 5.32 Å². The highest BCUT2D eigenvalue weighted by Crippen LogP contribution is 2.25. The van der Waals surface area contributed by atoms with Gasteiger partial charge in [0.05, 0.1) is 11.8 Å². The van der Waals surface area contributed by atoms with Crippen molar-refractivity contribution in [3.8, 4) is 0 Å². The first-order chi connectivity index (χ1) is 15.1. The van der Waals surface area contributed by atoms with Crippen LogP contribution in [0, 0.1) is 11.8 Å². The van der Waals surface area contributed by atoms with E-state index in [1.165, 1.54) is 11.1 Å². The van der Waals surface area contributed by atoms with Crippen molar-refractivity contribution < 1.29 is 14.7 Å². The molecule has 6 nitrogen and oxygen atoms in total. The van der Waals surface area contributed by atoms with Crippen LogP contribution in [0.15, 0.2) is 54.6 Å². The van der Waals surface area contributed by atoms with Gasteiger partial charge in [0, 0.05) is 45.8 Å². The number of hydrogen-bond donors (Lipinski definition) is 2. The van der Waals surface area contributed by atoms with Crippen molar-refractivity contribution in [2.75, 3.05) is 32.7 Å². The van der Waals surface area contributed by atoms with Gasteiger partial charge in [-0.2, -0.15) is 0 Å². The largest absolute Gasteiger partial charge is 0.481 e. The SMILES string of the molecule is O=C(NCCCN1CCc2ccccc2C1)[C@H]1CN(Cc2ccccc2)C[C@H]1C(=O)O. The van der Waals surface area contributed by atoms with E-state index in [-0.39, 0.29) is 5.91 Å². The van der Waals surface area contributed by atoms with Crippen molar-refractivity contribution in [2.45, 2.75) is 25.9 Å². The Morgan fingerprint density at radius 3 is 2.42 bits per heavy atom. The molecule has 0 aromatic heterocycles. The number of carboxylic acids is 1. The molecule has 4 rings (SSSR count).